The van der Waals surface area contributed by atoms with E-state index in [-0.39, 0.29) is 24.8 Å². The zero-order valence-electron chi connectivity index (χ0n) is 18.6. The van der Waals surface area contributed by atoms with Crippen LogP contribution in [0.1, 0.15) is 29.2 Å². The molecule has 0 aliphatic heterocycles. The van der Waals surface area contributed by atoms with Crippen molar-refractivity contribution in [2.24, 2.45) is 0 Å². The number of carbonyl (C=O) groups excluding carboxylic acids is 2. The van der Waals surface area contributed by atoms with Gasteiger partial charge < -0.3 is 10.2 Å². The van der Waals surface area contributed by atoms with Gasteiger partial charge in [-0.2, -0.15) is 0 Å². The van der Waals surface area contributed by atoms with Gasteiger partial charge in [-0.1, -0.05) is 78.4 Å². The SMILES string of the molecule is CCNC(=O)[C@@H](Cc1ccccc1)N(Cc1ccccc1F)C(=O)Cc1ccc(C)cc1. The Balaban J connectivity index is 1.95. The molecule has 0 saturated heterocycles. The van der Waals surface area contributed by atoms with Gasteiger partial charge >= 0.3 is 0 Å². The number of hydrogen-bond donors (Lipinski definition) is 1. The lowest BCUT2D eigenvalue weighted by Gasteiger charge is -2.31. The highest BCUT2D eigenvalue weighted by molar-refractivity contribution is 5.88. The summed E-state index contributed by atoms with van der Waals surface area (Å²) in [6, 6.07) is 22.9. The number of amides is 2. The highest BCUT2D eigenvalue weighted by Crippen LogP contribution is 2.18. The number of rotatable bonds is 9. The zero-order chi connectivity index (χ0) is 22.9. The highest BCUT2D eigenvalue weighted by atomic mass is 19.1. The minimum absolute atomic E-state index is 0.0198. The van der Waals surface area contributed by atoms with Gasteiger partial charge in [0.1, 0.15) is 11.9 Å². The number of hydrogen-bond acceptors (Lipinski definition) is 2. The van der Waals surface area contributed by atoms with Crippen molar-refractivity contribution in [3.05, 3.63) is 107 Å². The molecule has 32 heavy (non-hydrogen) atoms. The van der Waals surface area contributed by atoms with Crippen molar-refractivity contribution in [3.63, 3.8) is 0 Å². The number of nitrogens with zero attached hydrogens (tertiary/aromatic N) is 1. The fourth-order valence-corrected chi connectivity index (χ4v) is 3.64. The maximum Gasteiger partial charge on any atom is 0.243 e. The Bertz CT molecular complexity index is 1040. The maximum atomic E-state index is 14.5. The van der Waals surface area contributed by atoms with Crippen molar-refractivity contribution in [2.45, 2.75) is 39.3 Å². The molecule has 2 amide bonds. The van der Waals surface area contributed by atoms with Crippen LogP contribution in [0.25, 0.3) is 0 Å². The minimum Gasteiger partial charge on any atom is -0.355 e. The van der Waals surface area contributed by atoms with Gasteiger partial charge in [-0.15, -0.1) is 0 Å². The van der Waals surface area contributed by atoms with Gasteiger partial charge in [0, 0.05) is 25.1 Å². The highest BCUT2D eigenvalue weighted by Gasteiger charge is 2.30. The smallest absolute Gasteiger partial charge is 0.243 e. The van der Waals surface area contributed by atoms with Crippen LogP contribution in [-0.4, -0.2) is 29.3 Å². The van der Waals surface area contributed by atoms with Crippen LogP contribution in [0.4, 0.5) is 4.39 Å². The maximum absolute atomic E-state index is 14.5. The second-order valence-corrected chi connectivity index (χ2v) is 7.88. The lowest BCUT2D eigenvalue weighted by atomic mass is 10.0. The lowest BCUT2D eigenvalue weighted by molar-refractivity contribution is -0.140. The van der Waals surface area contributed by atoms with Crippen molar-refractivity contribution in [1.82, 2.24) is 10.2 Å². The Morgan fingerprint density at radius 2 is 1.56 bits per heavy atom. The molecular formula is C27H29FN2O2. The molecule has 0 radical (unpaired) electrons. The molecule has 1 atom stereocenters. The fraction of sp³-hybridized carbons (Fsp3) is 0.259. The van der Waals surface area contributed by atoms with Crippen LogP contribution in [-0.2, 0) is 29.0 Å². The number of benzene rings is 3. The third kappa shape index (κ3) is 6.27. The average molecular weight is 433 g/mol. The molecule has 0 aliphatic carbocycles. The molecule has 1 N–H and O–H groups in total. The summed E-state index contributed by atoms with van der Waals surface area (Å²) in [6.45, 7) is 4.30. The van der Waals surface area contributed by atoms with E-state index in [1.54, 1.807) is 18.2 Å². The molecule has 5 heteroatoms. The van der Waals surface area contributed by atoms with E-state index in [2.05, 4.69) is 5.32 Å². The molecule has 3 aromatic rings. The van der Waals surface area contributed by atoms with Gasteiger partial charge in [0.25, 0.3) is 0 Å². The Hall–Kier alpha value is -3.47. The molecule has 0 fully saturated rings. The van der Waals surface area contributed by atoms with E-state index in [4.69, 9.17) is 0 Å². The predicted molar refractivity (Wildman–Crippen MR) is 124 cm³/mol. The van der Waals surface area contributed by atoms with Crippen molar-refractivity contribution in [1.29, 1.82) is 0 Å². The molecule has 0 unspecified atom stereocenters. The van der Waals surface area contributed by atoms with Crippen LogP contribution in [0, 0.1) is 12.7 Å². The van der Waals surface area contributed by atoms with Crippen LogP contribution in [0.5, 0.6) is 0 Å². The molecule has 3 aromatic carbocycles. The second kappa shape index (κ2) is 11.2. The monoisotopic (exact) mass is 432 g/mol. The third-order valence-corrected chi connectivity index (χ3v) is 5.40. The summed E-state index contributed by atoms with van der Waals surface area (Å²) in [4.78, 5) is 28.1. The summed E-state index contributed by atoms with van der Waals surface area (Å²) in [7, 11) is 0. The zero-order valence-corrected chi connectivity index (χ0v) is 18.6. The van der Waals surface area contributed by atoms with E-state index in [1.165, 1.54) is 11.0 Å². The summed E-state index contributed by atoms with van der Waals surface area (Å²) in [5, 5.41) is 2.85. The molecule has 0 bridgehead atoms. The van der Waals surface area contributed by atoms with E-state index in [0.29, 0.717) is 18.5 Å². The first-order chi connectivity index (χ1) is 15.5. The molecule has 3 rings (SSSR count). The molecule has 166 valence electrons. The topological polar surface area (TPSA) is 49.4 Å². The summed E-state index contributed by atoms with van der Waals surface area (Å²) >= 11 is 0. The summed E-state index contributed by atoms with van der Waals surface area (Å²) < 4.78 is 14.5. The number of nitrogens with one attached hydrogen (secondary N) is 1. The van der Waals surface area contributed by atoms with Crippen molar-refractivity contribution in [3.8, 4) is 0 Å². The van der Waals surface area contributed by atoms with Crippen LogP contribution < -0.4 is 5.32 Å². The summed E-state index contributed by atoms with van der Waals surface area (Å²) in [5.74, 6) is -0.857. The van der Waals surface area contributed by atoms with Crippen molar-refractivity contribution in [2.75, 3.05) is 6.54 Å². The summed E-state index contributed by atoms with van der Waals surface area (Å²) in [6.07, 6.45) is 0.486. The standard InChI is InChI=1S/C27H29FN2O2/c1-3-29-27(32)25(17-21-9-5-4-6-10-21)30(19-23-11-7-8-12-24(23)28)26(31)18-22-15-13-20(2)14-16-22/h4-16,25H,3,17-19H2,1-2H3,(H,29,32)/t25-/m1/s1. The molecular weight excluding hydrogens is 403 g/mol. The van der Waals surface area contributed by atoms with Gasteiger partial charge in [-0.05, 0) is 31.0 Å². The lowest BCUT2D eigenvalue weighted by Crippen LogP contribution is -2.51. The van der Waals surface area contributed by atoms with Crippen LogP contribution >= 0.6 is 0 Å². The Morgan fingerprint density at radius 3 is 2.22 bits per heavy atom. The van der Waals surface area contributed by atoms with Gasteiger partial charge in [0.15, 0.2) is 0 Å². The molecule has 4 nitrogen and oxygen atoms in total. The molecule has 0 spiro atoms. The van der Waals surface area contributed by atoms with E-state index in [0.717, 1.165) is 16.7 Å². The average Bonchev–Trinajstić information content (AvgIpc) is 2.79. The predicted octanol–water partition coefficient (Wildman–Crippen LogP) is 4.45. The first kappa shape index (κ1) is 23.2. The third-order valence-electron chi connectivity index (χ3n) is 5.40. The van der Waals surface area contributed by atoms with E-state index < -0.39 is 11.9 Å². The molecule has 0 aromatic heterocycles. The van der Waals surface area contributed by atoms with Gasteiger partial charge in [-0.25, -0.2) is 4.39 Å². The Kier molecular flexibility index (Phi) is 8.14. The van der Waals surface area contributed by atoms with Crippen molar-refractivity contribution >= 4 is 11.8 Å². The first-order valence-electron chi connectivity index (χ1n) is 10.9. The molecule has 0 saturated carbocycles. The van der Waals surface area contributed by atoms with E-state index in [9.17, 15) is 14.0 Å². The van der Waals surface area contributed by atoms with E-state index >= 15 is 0 Å². The number of likely N-dealkylation sites (N-methyl/N-ethyl adjacent to an activating group) is 1. The number of halogens is 1. The molecule has 0 aliphatic rings. The quantitative estimate of drug-likeness (QED) is 0.543. The van der Waals surface area contributed by atoms with Gasteiger partial charge in [0.05, 0.1) is 6.42 Å². The normalized spacial score (nSPS) is 11.6. The van der Waals surface area contributed by atoms with Crippen LogP contribution in [0.2, 0.25) is 0 Å². The van der Waals surface area contributed by atoms with Crippen LogP contribution in [0.3, 0.4) is 0 Å². The Morgan fingerprint density at radius 1 is 0.906 bits per heavy atom. The largest absolute Gasteiger partial charge is 0.355 e. The van der Waals surface area contributed by atoms with Crippen LogP contribution in [0.15, 0.2) is 78.9 Å². The molecule has 0 heterocycles. The van der Waals surface area contributed by atoms with Gasteiger partial charge in [-0.3, -0.25) is 9.59 Å². The summed E-state index contributed by atoms with van der Waals surface area (Å²) in [5.41, 5.74) is 3.28. The van der Waals surface area contributed by atoms with Gasteiger partial charge in [0.2, 0.25) is 11.8 Å². The van der Waals surface area contributed by atoms with Crippen molar-refractivity contribution < 1.29 is 14.0 Å². The fourth-order valence-electron chi connectivity index (χ4n) is 3.64. The first-order valence-corrected chi connectivity index (χ1v) is 10.9. The Labute approximate surface area is 189 Å². The van der Waals surface area contributed by atoms with E-state index in [1.807, 2.05) is 68.4 Å². The second-order valence-electron chi connectivity index (χ2n) is 7.88. The number of aryl methyl sites for hydroxylation is 1. The number of carbonyl (C=O) groups is 2. The minimum atomic E-state index is -0.755.